The number of nitrogens with one attached hydrogen (secondary N) is 1. The van der Waals surface area contributed by atoms with Crippen LogP contribution in [0.4, 0.5) is 0 Å². The number of carbonyl (C=O) groups is 1. The summed E-state index contributed by atoms with van der Waals surface area (Å²) in [5.74, 6) is 5.91. The second-order valence-electron chi connectivity index (χ2n) is 3.50. The van der Waals surface area contributed by atoms with Crippen LogP contribution in [-0.4, -0.2) is 17.6 Å². The molecule has 1 aromatic carbocycles. The Balaban J connectivity index is 2.57. The van der Waals surface area contributed by atoms with E-state index in [1.165, 1.54) is 6.92 Å². The lowest BCUT2D eigenvalue weighted by Gasteiger charge is -2.00. The maximum atomic E-state index is 10.6. The molecule has 0 atom stereocenters. The summed E-state index contributed by atoms with van der Waals surface area (Å²) >= 11 is 3.34. The van der Waals surface area contributed by atoms with Crippen molar-refractivity contribution in [3.05, 3.63) is 33.8 Å². The molecule has 0 fully saturated rings. The summed E-state index contributed by atoms with van der Waals surface area (Å²) in [5, 5.41) is 11.8. The van der Waals surface area contributed by atoms with Gasteiger partial charge in [0.05, 0.1) is 6.61 Å². The predicted molar refractivity (Wildman–Crippen MR) is 70.2 cm³/mol. The van der Waals surface area contributed by atoms with Crippen molar-refractivity contribution in [3.63, 3.8) is 0 Å². The topological polar surface area (TPSA) is 49.3 Å². The molecule has 90 valence electrons. The highest BCUT2D eigenvalue weighted by Crippen LogP contribution is 2.17. The van der Waals surface area contributed by atoms with Gasteiger partial charge in [0.1, 0.15) is 0 Å². The van der Waals surface area contributed by atoms with Gasteiger partial charge in [-0.3, -0.25) is 4.79 Å². The molecule has 0 aromatic heterocycles. The molecule has 4 heteroatoms. The highest BCUT2D eigenvalue weighted by atomic mass is 79.9. The van der Waals surface area contributed by atoms with E-state index < -0.39 is 0 Å². The largest absolute Gasteiger partial charge is 0.392 e. The summed E-state index contributed by atoms with van der Waals surface area (Å²) in [6.07, 6.45) is 0.615. The first kappa shape index (κ1) is 13.8. The molecule has 1 amide bonds. The number of hydrogen-bond acceptors (Lipinski definition) is 2. The average molecular weight is 296 g/mol. The van der Waals surface area contributed by atoms with Crippen molar-refractivity contribution in [1.29, 1.82) is 0 Å². The van der Waals surface area contributed by atoms with Gasteiger partial charge in [-0.15, -0.1) is 0 Å². The summed E-state index contributed by atoms with van der Waals surface area (Å²) in [6, 6.07) is 5.59. The lowest BCUT2D eigenvalue weighted by molar-refractivity contribution is -0.118. The van der Waals surface area contributed by atoms with E-state index in [0.717, 1.165) is 15.6 Å². The zero-order valence-corrected chi connectivity index (χ0v) is 11.2. The minimum Gasteiger partial charge on any atom is -0.392 e. The molecule has 0 bridgehead atoms. The summed E-state index contributed by atoms with van der Waals surface area (Å²) in [4.78, 5) is 10.6. The van der Waals surface area contributed by atoms with Crippen LogP contribution < -0.4 is 5.32 Å². The van der Waals surface area contributed by atoms with Gasteiger partial charge in [0.25, 0.3) is 0 Å². The van der Waals surface area contributed by atoms with Gasteiger partial charge < -0.3 is 10.4 Å². The highest BCUT2D eigenvalue weighted by Gasteiger charge is 1.98. The van der Waals surface area contributed by atoms with Crippen LogP contribution in [0.2, 0.25) is 0 Å². The van der Waals surface area contributed by atoms with Gasteiger partial charge in [-0.05, 0) is 23.8 Å². The molecule has 2 N–H and O–H groups in total. The van der Waals surface area contributed by atoms with E-state index in [2.05, 4.69) is 33.1 Å². The van der Waals surface area contributed by atoms with Crippen LogP contribution in [0, 0.1) is 11.8 Å². The monoisotopic (exact) mass is 295 g/mol. The Morgan fingerprint density at radius 3 is 2.94 bits per heavy atom. The zero-order valence-electron chi connectivity index (χ0n) is 9.59. The Hall–Kier alpha value is -1.31. The zero-order chi connectivity index (χ0) is 12.7. The quantitative estimate of drug-likeness (QED) is 0.660. The van der Waals surface area contributed by atoms with E-state index in [9.17, 15) is 4.79 Å². The van der Waals surface area contributed by atoms with E-state index in [1.54, 1.807) is 0 Å². The van der Waals surface area contributed by atoms with Crippen LogP contribution in [0.15, 0.2) is 22.7 Å². The number of aliphatic hydroxyl groups is 1. The first-order chi connectivity index (χ1) is 8.13. The van der Waals surface area contributed by atoms with Crippen LogP contribution >= 0.6 is 15.9 Å². The summed E-state index contributed by atoms with van der Waals surface area (Å²) in [7, 11) is 0. The molecule has 0 saturated carbocycles. The lowest BCUT2D eigenvalue weighted by atomic mass is 10.1. The highest BCUT2D eigenvalue weighted by molar-refractivity contribution is 9.10. The van der Waals surface area contributed by atoms with E-state index >= 15 is 0 Å². The van der Waals surface area contributed by atoms with Crippen molar-refractivity contribution in [1.82, 2.24) is 5.32 Å². The van der Waals surface area contributed by atoms with Crippen LogP contribution in [0.5, 0.6) is 0 Å². The van der Waals surface area contributed by atoms with Gasteiger partial charge >= 0.3 is 0 Å². The van der Waals surface area contributed by atoms with Gasteiger partial charge in [-0.25, -0.2) is 0 Å². The van der Waals surface area contributed by atoms with Gasteiger partial charge in [-0.2, -0.15) is 0 Å². The standard InChI is InChI=1S/C13H14BrNO2/c1-10(17)15-7-3-2-4-11-5-6-13(14)12(8-11)9-16/h5-6,8,16H,3,7,9H2,1H3,(H,15,17). The van der Waals surface area contributed by atoms with Crippen LogP contribution in [0.3, 0.4) is 0 Å². The molecule has 1 rings (SSSR count). The fourth-order valence-corrected chi connectivity index (χ4v) is 1.61. The summed E-state index contributed by atoms with van der Waals surface area (Å²) in [6.45, 7) is 2.03. The Morgan fingerprint density at radius 1 is 1.53 bits per heavy atom. The molecular formula is C13H14BrNO2. The van der Waals surface area contributed by atoms with Crippen molar-refractivity contribution >= 4 is 21.8 Å². The third-order valence-electron chi connectivity index (χ3n) is 2.07. The Morgan fingerprint density at radius 2 is 2.29 bits per heavy atom. The second kappa shape index (κ2) is 7.10. The molecule has 0 aliphatic heterocycles. The molecule has 0 heterocycles. The van der Waals surface area contributed by atoms with Crippen molar-refractivity contribution in [3.8, 4) is 11.8 Å². The van der Waals surface area contributed by atoms with Gasteiger partial charge in [0.2, 0.25) is 5.91 Å². The van der Waals surface area contributed by atoms with E-state index in [1.807, 2.05) is 18.2 Å². The molecule has 3 nitrogen and oxygen atoms in total. The SMILES string of the molecule is CC(=O)NCCC#Cc1ccc(Br)c(CO)c1. The molecular weight excluding hydrogens is 282 g/mol. The van der Waals surface area contributed by atoms with Gasteiger partial charge in [0.15, 0.2) is 0 Å². The predicted octanol–water partition coefficient (Wildman–Crippen LogP) is 1.82. The molecule has 0 spiro atoms. The average Bonchev–Trinajstić information content (AvgIpc) is 2.30. The van der Waals surface area contributed by atoms with E-state index in [0.29, 0.717) is 13.0 Å². The van der Waals surface area contributed by atoms with Gasteiger partial charge in [-0.1, -0.05) is 27.8 Å². The van der Waals surface area contributed by atoms with Gasteiger partial charge in [0, 0.05) is 29.9 Å². The number of aliphatic hydroxyl groups excluding tert-OH is 1. The molecule has 0 radical (unpaired) electrons. The second-order valence-corrected chi connectivity index (χ2v) is 4.35. The Kier molecular flexibility index (Phi) is 5.75. The minimum absolute atomic E-state index is 0.0119. The van der Waals surface area contributed by atoms with Crippen molar-refractivity contribution in [2.45, 2.75) is 20.0 Å². The molecule has 0 aliphatic carbocycles. The number of carbonyl (C=O) groups excluding carboxylic acids is 1. The molecule has 0 aliphatic rings. The maximum Gasteiger partial charge on any atom is 0.216 e. The maximum absolute atomic E-state index is 10.6. The van der Waals surface area contributed by atoms with Crippen LogP contribution in [0.1, 0.15) is 24.5 Å². The minimum atomic E-state index is -0.0435. The van der Waals surface area contributed by atoms with Crippen LogP contribution in [0.25, 0.3) is 0 Å². The number of hydrogen-bond donors (Lipinski definition) is 2. The van der Waals surface area contributed by atoms with Crippen molar-refractivity contribution in [2.75, 3.05) is 6.54 Å². The van der Waals surface area contributed by atoms with E-state index in [4.69, 9.17) is 5.11 Å². The normalized spacial score (nSPS) is 9.35. The smallest absolute Gasteiger partial charge is 0.216 e. The lowest BCUT2D eigenvalue weighted by Crippen LogP contribution is -2.20. The number of amides is 1. The van der Waals surface area contributed by atoms with Crippen molar-refractivity contribution < 1.29 is 9.90 Å². The number of halogens is 1. The van der Waals surface area contributed by atoms with E-state index in [-0.39, 0.29) is 12.5 Å². The molecule has 17 heavy (non-hydrogen) atoms. The summed E-state index contributed by atoms with van der Waals surface area (Å²) < 4.78 is 0.879. The molecule has 1 aromatic rings. The van der Waals surface area contributed by atoms with Crippen LogP contribution in [-0.2, 0) is 11.4 Å². The number of benzene rings is 1. The molecule has 0 unspecified atom stereocenters. The Bertz CT molecular complexity index is 460. The first-order valence-corrected chi connectivity index (χ1v) is 6.05. The fourth-order valence-electron chi connectivity index (χ4n) is 1.24. The summed E-state index contributed by atoms with van der Waals surface area (Å²) in [5.41, 5.74) is 1.68. The number of rotatable bonds is 3. The fraction of sp³-hybridized carbons (Fsp3) is 0.308. The van der Waals surface area contributed by atoms with Crippen molar-refractivity contribution in [2.24, 2.45) is 0 Å². The first-order valence-electron chi connectivity index (χ1n) is 5.26. The Labute approximate surface area is 109 Å². The third-order valence-corrected chi connectivity index (χ3v) is 2.85. The third kappa shape index (κ3) is 5.03. The molecule has 0 saturated heterocycles.